The van der Waals surface area contributed by atoms with Gasteiger partial charge in [0.2, 0.25) is 0 Å². The van der Waals surface area contributed by atoms with Crippen molar-refractivity contribution >= 4 is 52.6 Å². The number of imide groups is 1. The molecule has 3 amide bonds. The molecule has 10 heteroatoms. The smallest absolute Gasteiger partial charge is 0.339 e. The van der Waals surface area contributed by atoms with Gasteiger partial charge < -0.3 is 14.8 Å². The normalized spacial score (nSPS) is 12.6. The molecule has 0 radical (unpaired) electrons. The SMILES string of the molecule is CCCCOC(=O)c1cc(NC(=O)COC(=O)c2cccc(N3C(=O)C=CC3=O)c2)ccc1Cl. The van der Waals surface area contributed by atoms with Gasteiger partial charge in [0.15, 0.2) is 6.61 Å². The number of amides is 3. The van der Waals surface area contributed by atoms with Gasteiger partial charge in [-0.25, -0.2) is 14.5 Å². The van der Waals surface area contributed by atoms with Gasteiger partial charge in [-0.3, -0.25) is 14.4 Å². The third-order valence-electron chi connectivity index (χ3n) is 4.68. The molecule has 0 saturated heterocycles. The maximum absolute atomic E-state index is 12.4. The minimum Gasteiger partial charge on any atom is -0.462 e. The Morgan fingerprint density at radius 3 is 2.41 bits per heavy atom. The summed E-state index contributed by atoms with van der Waals surface area (Å²) < 4.78 is 10.2. The fourth-order valence-corrected chi connectivity index (χ4v) is 3.18. The van der Waals surface area contributed by atoms with Crippen LogP contribution >= 0.6 is 11.6 Å². The zero-order valence-electron chi connectivity index (χ0n) is 18.2. The van der Waals surface area contributed by atoms with Crippen LogP contribution in [0.25, 0.3) is 0 Å². The number of hydrogen-bond acceptors (Lipinski definition) is 7. The molecule has 2 aromatic rings. The molecule has 2 aromatic carbocycles. The zero-order chi connectivity index (χ0) is 24.7. The Bertz CT molecular complexity index is 1160. The molecule has 0 aliphatic carbocycles. The van der Waals surface area contributed by atoms with E-state index in [0.29, 0.717) is 0 Å². The summed E-state index contributed by atoms with van der Waals surface area (Å²) in [5, 5.41) is 2.69. The van der Waals surface area contributed by atoms with Crippen LogP contribution in [0.1, 0.15) is 40.5 Å². The van der Waals surface area contributed by atoms with Crippen LogP contribution in [0.2, 0.25) is 5.02 Å². The molecule has 0 saturated carbocycles. The largest absolute Gasteiger partial charge is 0.462 e. The summed E-state index contributed by atoms with van der Waals surface area (Å²) in [6, 6.07) is 10.0. The summed E-state index contributed by atoms with van der Waals surface area (Å²) in [6.07, 6.45) is 3.84. The van der Waals surface area contributed by atoms with Crippen molar-refractivity contribution in [2.45, 2.75) is 19.8 Å². The number of ether oxygens (including phenoxy) is 2. The molecule has 9 nitrogen and oxygen atoms in total. The van der Waals surface area contributed by atoms with Crippen molar-refractivity contribution in [3.8, 4) is 0 Å². The number of anilines is 2. The van der Waals surface area contributed by atoms with Crippen molar-refractivity contribution in [2.75, 3.05) is 23.4 Å². The van der Waals surface area contributed by atoms with Crippen LogP contribution in [-0.4, -0.2) is 42.9 Å². The highest BCUT2D eigenvalue weighted by Crippen LogP contribution is 2.22. The van der Waals surface area contributed by atoms with E-state index in [-0.39, 0.29) is 34.1 Å². The highest BCUT2D eigenvalue weighted by atomic mass is 35.5. The van der Waals surface area contributed by atoms with Crippen LogP contribution in [0, 0.1) is 0 Å². The van der Waals surface area contributed by atoms with Crippen LogP contribution < -0.4 is 10.2 Å². The van der Waals surface area contributed by atoms with Gasteiger partial charge in [-0.1, -0.05) is 31.0 Å². The lowest BCUT2D eigenvalue weighted by molar-refractivity contribution is -0.120. The highest BCUT2D eigenvalue weighted by molar-refractivity contribution is 6.33. The number of rotatable bonds is 9. The first-order chi connectivity index (χ1) is 16.3. The highest BCUT2D eigenvalue weighted by Gasteiger charge is 2.26. The van der Waals surface area contributed by atoms with E-state index in [1.165, 1.54) is 42.5 Å². The van der Waals surface area contributed by atoms with Crippen molar-refractivity contribution < 1.29 is 33.4 Å². The van der Waals surface area contributed by atoms with E-state index in [1.54, 1.807) is 0 Å². The lowest BCUT2D eigenvalue weighted by atomic mass is 10.2. The van der Waals surface area contributed by atoms with Gasteiger partial charge >= 0.3 is 11.9 Å². The predicted octanol–water partition coefficient (Wildman–Crippen LogP) is 3.52. The Morgan fingerprint density at radius 2 is 1.71 bits per heavy atom. The number of nitrogens with one attached hydrogen (secondary N) is 1. The minimum atomic E-state index is -0.819. The van der Waals surface area contributed by atoms with Crippen LogP contribution in [0.3, 0.4) is 0 Å². The van der Waals surface area contributed by atoms with E-state index in [9.17, 15) is 24.0 Å². The first kappa shape index (κ1) is 24.7. The first-order valence-electron chi connectivity index (χ1n) is 10.4. The van der Waals surface area contributed by atoms with Gasteiger partial charge in [-0.15, -0.1) is 0 Å². The molecule has 1 aliphatic rings. The summed E-state index contributed by atoms with van der Waals surface area (Å²) in [5.74, 6) is -3.12. The zero-order valence-corrected chi connectivity index (χ0v) is 19.0. The average Bonchev–Trinajstić information content (AvgIpc) is 3.16. The Balaban J connectivity index is 1.58. The fourth-order valence-electron chi connectivity index (χ4n) is 2.98. The molecule has 0 bridgehead atoms. The molecule has 0 spiro atoms. The predicted molar refractivity (Wildman–Crippen MR) is 124 cm³/mol. The standard InChI is InChI=1S/C24H21ClN2O7/c1-2-3-11-33-24(32)18-13-16(7-8-19(18)25)26-20(28)14-34-23(31)15-5-4-6-17(12-15)27-21(29)9-10-22(27)30/h4-10,12-13H,2-3,11,14H2,1H3,(H,26,28). The second-order valence-corrected chi connectivity index (χ2v) is 7.61. The molecular formula is C24H21ClN2O7. The van der Waals surface area contributed by atoms with Crippen molar-refractivity contribution in [3.63, 3.8) is 0 Å². The number of unbranched alkanes of at least 4 members (excludes halogenated alkanes) is 1. The lowest BCUT2D eigenvalue weighted by Crippen LogP contribution is -2.29. The van der Waals surface area contributed by atoms with Gasteiger partial charge in [-0.2, -0.15) is 0 Å². The van der Waals surface area contributed by atoms with E-state index < -0.39 is 36.3 Å². The molecule has 1 heterocycles. The molecule has 0 unspecified atom stereocenters. The number of benzene rings is 2. The van der Waals surface area contributed by atoms with Gasteiger partial charge in [-0.05, 0) is 42.8 Å². The second kappa shape index (κ2) is 11.2. The van der Waals surface area contributed by atoms with Crippen LogP contribution in [0.5, 0.6) is 0 Å². The first-order valence-corrected chi connectivity index (χ1v) is 10.8. The molecule has 34 heavy (non-hydrogen) atoms. The monoisotopic (exact) mass is 484 g/mol. The van der Waals surface area contributed by atoms with Crippen LogP contribution in [-0.2, 0) is 23.9 Å². The summed E-state index contributed by atoms with van der Waals surface area (Å²) in [7, 11) is 0. The maximum atomic E-state index is 12.4. The summed E-state index contributed by atoms with van der Waals surface area (Å²) >= 11 is 6.06. The van der Waals surface area contributed by atoms with Gasteiger partial charge in [0.25, 0.3) is 17.7 Å². The lowest BCUT2D eigenvalue weighted by Gasteiger charge is -2.14. The van der Waals surface area contributed by atoms with Crippen molar-refractivity contribution in [3.05, 3.63) is 70.8 Å². The molecule has 0 atom stereocenters. The summed E-state index contributed by atoms with van der Waals surface area (Å²) in [6.45, 7) is 1.62. The molecule has 1 aliphatic heterocycles. The molecule has 3 rings (SSSR count). The Kier molecular flexibility index (Phi) is 8.15. The molecule has 0 aromatic heterocycles. The number of nitrogens with zero attached hydrogens (tertiary/aromatic N) is 1. The fraction of sp³-hybridized carbons (Fsp3) is 0.208. The quantitative estimate of drug-likeness (QED) is 0.328. The van der Waals surface area contributed by atoms with Crippen molar-refractivity contribution in [1.82, 2.24) is 0 Å². The van der Waals surface area contributed by atoms with E-state index in [4.69, 9.17) is 21.1 Å². The molecule has 176 valence electrons. The number of esters is 2. The maximum Gasteiger partial charge on any atom is 0.339 e. The number of halogens is 1. The Hall–Kier alpha value is -3.98. The second-order valence-electron chi connectivity index (χ2n) is 7.20. The van der Waals surface area contributed by atoms with E-state index in [2.05, 4.69) is 5.32 Å². The summed E-state index contributed by atoms with van der Waals surface area (Å²) in [5.41, 5.74) is 0.637. The van der Waals surface area contributed by atoms with Gasteiger partial charge in [0.1, 0.15) is 0 Å². The molecule has 0 fully saturated rings. The number of carbonyl (C=O) groups is 5. The Morgan fingerprint density at radius 1 is 0.971 bits per heavy atom. The number of hydrogen-bond donors (Lipinski definition) is 1. The van der Waals surface area contributed by atoms with E-state index >= 15 is 0 Å². The Labute approximate surface area is 200 Å². The van der Waals surface area contributed by atoms with E-state index in [1.807, 2.05) is 6.92 Å². The molecule has 1 N–H and O–H groups in total. The van der Waals surface area contributed by atoms with Gasteiger partial charge in [0, 0.05) is 17.8 Å². The molecular weight excluding hydrogens is 464 g/mol. The van der Waals surface area contributed by atoms with Crippen LogP contribution in [0.15, 0.2) is 54.6 Å². The topological polar surface area (TPSA) is 119 Å². The van der Waals surface area contributed by atoms with Gasteiger partial charge in [0.05, 0.1) is 28.4 Å². The third kappa shape index (κ3) is 6.08. The summed E-state index contributed by atoms with van der Waals surface area (Å²) in [4.78, 5) is 61.3. The third-order valence-corrected chi connectivity index (χ3v) is 5.01. The van der Waals surface area contributed by atoms with Crippen molar-refractivity contribution in [1.29, 1.82) is 0 Å². The van der Waals surface area contributed by atoms with Crippen LogP contribution in [0.4, 0.5) is 11.4 Å². The minimum absolute atomic E-state index is 0.0569. The number of carbonyl (C=O) groups excluding carboxylic acids is 5. The van der Waals surface area contributed by atoms with E-state index in [0.717, 1.165) is 29.9 Å². The van der Waals surface area contributed by atoms with Crippen molar-refractivity contribution in [2.24, 2.45) is 0 Å². The average molecular weight is 485 g/mol.